The van der Waals surface area contributed by atoms with Crippen molar-refractivity contribution in [1.82, 2.24) is 14.7 Å². The van der Waals surface area contributed by atoms with E-state index in [-0.39, 0.29) is 23.2 Å². The Bertz CT molecular complexity index is 1200. The summed E-state index contributed by atoms with van der Waals surface area (Å²) in [7, 11) is 0. The molecule has 0 aliphatic carbocycles. The largest absolute Gasteiger partial charge is 0.454 e. The fourth-order valence-electron chi connectivity index (χ4n) is 3.78. The summed E-state index contributed by atoms with van der Waals surface area (Å²) in [5.41, 5.74) is 12.8. The Balaban J connectivity index is 1.64. The Morgan fingerprint density at radius 3 is 2.62 bits per heavy atom. The van der Waals surface area contributed by atoms with E-state index in [0.29, 0.717) is 30.1 Å². The number of aromatic nitrogens is 2. The number of hydrogen-bond acceptors (Lipinski definition) is 6. The first-order valence-corrected chi connectivity index (χ1v) is 9.93. The summed E-state index contributed by atoms with van der Waals surface area (Å²) < 4.78 is 33.9. The monoisotopic (exact) mass is 438 g/mol. The van der Waals surface area contributed by atoms with Gasteiger partial charge in [-0.25, -0.2) is 13.5 Å². The average Bonchev–Trinajstić information content (AvgIpc) is 3.13. The van der Waals surface area contributed by atoms with Gasteiger partial charge in [-0.15, -0.1) is 0 Å². The number of nitrogens with zero attached hydrogens (tertiary/aromatic N) is 4. The minimum Gasteiger partial charge on any atom is -0.454 e. The quantitative estimate of drug-likeness (QED) is 0.589. The maximum atomic E-state index is 13.8. The Labute approximate surface area is 182 Å². The zero-order valence-corrected chi connectivity index (χ0v) is 17.0. The van der Waals surface area contributed by atoms with E-state index in [1.807, 2.05) is 0 Å². The standard InChI is InChI=1S/C22H20F2N6O2/c23-14-5-8-18(17(24)10-14)32-16-6-3-13(4-7-16)20-19(22(27)31)21(26)30(28-20)15-2-1-9-29(11-15)12-25/h3-8,10,15H,1-2,9,11,26H2,(H2,27,31)/t15-/m0/s1. The Morgan fingerprint density at radius 2 is 1.97 bits per heavy atom. The molecule has 3 aromatic rings. The lowest BCUT2D eigenvalue weighted by atomic mass is 10.1. The number of primary amides is 1. The van der Waals surface area contributed by atoms with Gasteiger partial charge in [-0.3, -0.25) is 4.79 Å². The van der Waals surface area contributed by atoms with Crippen LogP contribution in [0.1, 0.15) is 29.2 Å². The molecular formula is C22H20F2N6O2. The summed E-state index contributed by atoms with van der Waals surface area (Å²) in [6.45, 7) is 1.11. The maximum absolute atomic E-state index is 13.8. The minimum atomic E-state index is -0.824. The van der Waals surface area contributed by atoms with Gasteiger partial charge in [-0.1, -0.05) is 0 Å². The van der Waals surface area contributed by atoms with Gasteiger partial charge < -0.3 is 21.1 Å². The van der Waals surface area contributed by atoms with Crippen LogP contribution >= 0.6 is 0 Å². The second kappa shape index (κ2) is 8.55. The van der Waals surface area contributed by atoms with Gasteiger partial charge in [0.15, 0.2) is 17.8 Å². The summed E-state index contributed by atoms with van der Waals surface area (Å²) in [6.07, 6.45) is 3.69. The highest BCUT2D eigenvalue weighted by Crippen LogP contribution is 2.33. The van der Waals surface area contributed by atoms with E-state index >= 15 is 0 Å². The van der Waals surface area contributed by atoms with Gasteiger partial charge in [0, 0.05) is 18.2 Å². The number of carbonyl (C=O) groups is 1. The fourth-order valence-corrected chi connectivity index (χ4v) is 3.78. The Morgan fingerprint density at radius 1 is 1.22 bits per heavy atom. The molecule has 1 aromatic heterocycles. The molecule has 1 saturated heterocycles. The van der Waals surface area contributed by atoms with E-state index in [9.17, 15) is 18.8 Å². The summed E-state index contributed by atoms with van der Waals surface area (Å²) in [6, 6.07) is 9.26. The minimum absolute atomic E-state index is 0.0947. The van der Waals surface area contributed by atoms with Crippen LogP contribution in [0.3, 0.4) is 0 Å². The highest BCUT2D eigenvalue weighted by atomic mass is 19.1. The zero-order valence-electron chi connectivity index (χ0n) is 17.0. The number of anilines is 1. The van der Waals surface area contributed by atoms with Crippen molar-refractivity contribution in [2.75, 3.05) is 18.8 Å². The Hall–Kier alpha value is -4.13. The first-order chi connectivity index (χ1) is 15.4. The third-order valence-electron chi connectivity index (χ3n) is 5.33. The van der Waals surface area contributed by atoms with E-state index in [4.69, 9.17) is 16.2 Å². The van der Waals surface area contributed by atoms with Crippen LogP contribution in [0, 0.1) is 23.1 Å². The van der Waals surface area contributed by atoms with Gasteiger partial charge in [0.25, 0.3) is 5.91 Å². The van der Waals surface area contributed by atoms with Gasteiger partial charge in [0.2, 0.25) is 0 Å². The molecule has 1 atom stereocenters. The van der Waals surface area contributed by atoms with Crippen molar-refractivity contribution in [3.63, 3.8) is 0 Å². The first kappa shape index (κ1) is 21.1. The van der Waals surface area contributed by atoms with Crippen LogP contribution in [0.4, 0.5) is 14.6 Å². The number of carbonyl (C=O) groups excluding carboxylic acids is 1. The molecule has 0 bridgehead atoms. The van der Waals surface area contributed by atoms with Crippen molar-refractivity contribution in [1.29, 1.82) is 5.26 Å². The predicted octanol–water partition coefficient (Wildman–Crippen LogP) is 3.42. The molecule has 10 heteroatoms. The van der Waals surface area contributed by atoms with Gasteiger partial charge in [-0.2, -0.15) is 10.4 Å². The maximum Gasteiger partial charge on any atom is 0.254 e. The number of piperidine rings is 1. The summed E-state index contributed by atoms with van der Waals surface area (Å²) >= 11 is 0. The molecule has 0 unspecified atom stereocenters. The highest BCUT2D eigenvalue weighted by Gasteiger charge is 2.28. The normalized spacial score (nSPS) is 15.9. The number of nitrogen functional groups attached to an aromatic ring is 1. The van der Waals surface area contributed by atoms with Crippen LogP contribution in [-0.2, 0) is 0 Å². The number of ether oxygens (including phenoxy) is 1. The van der Waals surface area contributed by atoms with Crippen molar-refractivity contribution in [3.8, 4) is 28.9 Å². The van der Waals surface area contributed by atoms with Crippen molar-refractivity contribution in [2.45, 2.75) is 18.9 Å². The highest BCUT2D eigenvalue weighted by molar-refractivity contribution is 6.03. The molecule has 164 valence electrons. The summed E-state index contributed by atoms with van der Waals surface area (Å²) in [5, 5.41) is 13.7. The molecule has 2 heterocycles. The average molecular weight is 438 g/mol. The number of nitrogens with two attached hydrogens (primary N) is 2. The molecule has 0 radical (unpaired) electrons. The summed E-state index contributed by atoms with van der Waals surface area (Å²) in [5.74, 6) is -1.91. The topological polar surface area (TPSA) is 123 Å². The lowest BCUT2D eigenvalue weighted by molar-refractivity contribution is 0.100. The molecule has 4 rings (SSSR count). The van der Waals surface area contributed by atoms with Crippen molar-refractivity contribution in [2.24, 2.45) is 5.73 Å². The molecule has 0 saturated carbocycles. The van der Waals surface area contributed by atoms with Gasteiger partial charge >= 0.3 is 0 Å². The van der Waals surface area contributed by atoms with Crippen LogP contribution < -0.4 is 16.2 Å². The molecule has 0 spiro atoms. The number of halogens is 2. The Kier molecular flexibility index (Phi) is 5.64. The van der Waals surface area contributed by atoms with E-state index in [2.05, 4.69) is 11.3 Å². The third kappa shape index (κ3) is 4.05. The second-order valence-electron chi connectivity index (χ2n) is 7.46. The van der Waals surface area contributed by atoms with Crippen LogP contribution in [0.25, 0.3) is 11.3 Å². The molecule has 1 aliphatic heterocycles. The van der Waals surface area contributed by atoms with E-state index in [0.717, 1.165) is 25.0 Å². The van der Waals surface area contributed by atoms with Gasteiger partial charge in [0.1, 0.15) is 28.6 Å². The SMILES string of the molecule is N#CN1CCC[C@H](n2nc(-c3ccc(Oc4ccc(F)cc4F)cc3)c(C(N)=O)c2N)C1. The van der Waals surface area contributed by atoms with Crippen LogP contribution in [-0.4, -0.2) is 33.7 Å². The number of nitriles is 1. The summed E-state index contributed by atoms with van der Waals surface area (Å²) in [4.78, 5) is 13.8. The van der Waals surface area contributed by atoms with Crippen molar-refractivity contribution in [3.05, 3.63) is 59.7 Å². The van der Waals surface area contributed by atoms with Crippen LogP contribution in [0.15, 0.2) is 42.5 Å². The predicted molar refractivity (Wildman–Crippen MR) is 112 cm³/mol. The van der Waals surface area contributed by atoms with Gasteiger partial charge in [-0.05, 0) is 49.2 Å². The smallest absolute Gasteiger partial charge is 0.254 e. The zero-order chi connectivity index (χ0) is 22.8. The number of likely N-dealkylation sites (tertiary alicyclic amines) is 1. The van der Waals surface area contributed by atoms with Crippen molar-refractivity contribution < 1.29 is 18.3 Å². The lowest BCUT2D eigenvalue weighted by Gasteiger charge is -2.29. The van der Waals surface area contributed by atoms with Crippen LogP contribution in [0.5, 0.6) is 11.5 Å². The van der Waals surface area contributed by atoms with E-state index < -0.39 is 17.5 Å². The molecular weight excluding hydrogens is 418 g/mol. The number of amides is 1. The molecule has 4 N–H and O–H groups in total. The molecule has 8 nitrogen and oxygen atoms in total. The van der Waals surface area contributed by atoms with Crippen molar-refractivity contribution >= 4 is 11.7 Å². The molecule has 1 amide bonds. The van der Waals surface area contributed by atoms with E-state index in [1.54, 1.807) is 33.8 Å². The lowest BCUT2D eigenvalue weighted by Crippen LogP contribution is -2.34. The molecule has 2 aromatic carbocycles. The van der Waals surface area contributed by atoms with Gasteiger partial charge in [0.05, 0.1) is 12.6 Å². The van der Waals surface area contributed by atoms with E-state index in [1.165, 1.54) is 6.07 Å². The molecule has 1 fully saturated rings. The third-order valence-corrected chi connectivity index (χ3v) is 5.33. The number of benzene rings is 2. The molecule has 1 aliphatic rings. The number of rotatable bonds is 5. The first-order valence-electron chi connectivity index (χ1n) is 9.93. The second-order valence-corrected chi connectivity index (χ2v) is 7.46. The fraction of sp³-hybridized carbons (Fsp3) is 0.227. The number of hydrogen-bond donors (Lipinski definition) is 2. The van der Waals surface area contributed by atoms with Crippen LogP contribution in [0.2, 0.25) is 0 Å². The molecule has 32 heavy (non-hydrogen) atoms.